The van der Waals surface area contributed by atoms with Gasteiger partial charge < -0.3 is 14.1 Å². The van der Waals surface area contributed by atoms with Crippen LogP contribution >= 0.6 is 0 Å². The molecule has 0 N–H and O–H groups in total. The van der Waals surface area contributed by atoms with Crippen LogP contribution in [0.3, 0.4) is 0 Å². The zero-order chi connectivity index (χ0) is 17.8. The van der Waals surface area contributed by atoms with Crippen molar-refractivity contribution < 1.29 is 18.7 Å². The summed E-state index contributed by atoms with van der Waals surface area (Å²) in [5.74, 6) is -0.0595. The van der Waals surface area contributed by atoms with Gasteiger partial charge in [-0.1, -0.05) is 46.0 Å². The van der Waals surface area contributed by atoms with E-state index in [1.807, 2.05) is 6.92 Å². The first-order valence-electron chi connectivity index (χ1n) is 8.92. The molecular formula is C18H30N2O4. The number of unbranched alkanes of at least 4 members (excludes halogenated alkanes) is 5. The van der Waals surface area contributed by atoms with Gasteiger partial charge in [0, 0.05) is 13.0 Å². The summed E-state index contributed by atoms with van der Waals surface area (Å²) in [6, 6.07) is 0. The Labute approximate surface area is 144 Å². The normalized spacial score (nSPS) is 10.6. The van der Waals surface area contributed by atoms with E-state index in [0.717, 1.165) is 19.3 Å². The van der Waals surface area contributed by atoms with Crippen molar-refractivity contribution in [2.24, 2.45) is 0 Å². The summed E-state index contributed by atoms with van der Waals surface area (Å²) >= 11 is 0. The molecule has 0 aliphatic heterocycles. The molecule has 1 rings (SSSR count). The van der Waals surface area contributed by atoms with Crippen LogP contribution < -0.4 is 0 Å². The summed E-state index contributed by atoms with van der Waals surface area (Å²) in [4.78, 5) is 29.6. The number of esters is 1. The van der Waals surface area contributed by atoms with Gasteiger partial charge in [0.25, 0.3) is 0 Å². The molecule has 24 heavy (non-hydrogen) atoms. The van der Waals surface area contributed by atoms with Crippen LogP contribution in [0.15, 0.2) is 10.7 Å². The quantitative estimate of drug-likeness (QED) is 0.426. The van der Waals surface area contributed by atoms with Crippen molar-refractivity contribution in [1.29, 1.82) is 0 Å². The number of nitrogens with zero attached hydrogens (tertiary/aromatic N) is 2. The highest BCUT2D eigenvalue weighted by Crippen LogP contribution is 2.12. The number of carbonyl (C=O) groups is 2. The lowest BCUT2D eigenvalue weighted by Crippen LogP contribution is -2.31. The van der Waals surface area contributed by atoms with E-state index in [9.17, 15) is 9.59 Å². The maximum atomic E-state index is 12.4. The lowest BCUT2D eigenvalue weighted by Gasteiger charge is -2.20. The van der Waals surface area contributed by atoms with Gasteiger partial charge in [0.1, 0.15) is 6.26 Å². The predicted octanol–water partition coefficient (Wildman–Crippen LogP) is 3.95. The van der Waals surface area contributed by atoms with Crippen molar-refractivity contribution in [2.45, 2.75) is 71.8 Å². The minimum absolute atomic E-state index is 0.116. The second-order valence-corrected chi connectivity index (χ2v) is 5.95. The van der Waals surface area contributed by atoms with Gasteiger partial charge in [0.2, 0.25) is 11.8 Å². The maximum Gasteiger partial charge on any atom is 0.360 e. The SMILES string of the molecule is CCCCCCCCC(=O)N(CCC)Cc1nc(C(=O)OC)co1. The zero-order valence-corrected chi connectivity index (χ0v) is 15.2. The summed E-state index contributed by atoms with van der Waals surface area (Å²) in [7, 11) is 1.30. The highest BCUT2D eigenvalue weighted by Gasteiger charge is 2.18. The molecule has 6 heteroatoms. The molecule has 0 saturated carbocycles. The van der Waals surface area contributed by atoms with Crippen LogP contribution in [0.2, 0.25) is 0 Å². The zero-order valence-electron chi connectivity index (χ0n) is 15.2. The second kappa shape index (κ2) is 11.6. The van der Waals surface area contributed by atoms with Crippen molar-refractivity contribution in [2.75, 3.05) is 13.7 Å². The minimum atomic E-state index is -0.537. The first-order valence-corrected chi connectivity index (χ1v) is 8.92. The van der Waals surface area contributed by atoms with Crippen molar-refractivity contribution >= 4 is 11.9 Å². The monoisotopic (exact) mass is 338 g/mol. The molecule has 136 valence electrons. The fourth-order valence-electron chi connectivity index (χ4n) is 2.52. The third-order valence-electron chi connectivity index (χ3n) is 3.86. The van der Waals surface area contributed by atoms with E-state index in [0.29, 0.717) is 25.4 Å². The molecule has 0 aliphatic rings. The Morgan fingerprint density at radius 1 is 1.12 bits per heavy atom. The summed E-state index contributed by atoms with van der Waals surface area (Å²) < 4.78 is 9.88. The van der Waals surface area contributed by atoms with Crippen LogP contribution in [0, 0.1) is 0 Å². The van der Waals surface area contributed by atoms with Crippen molar-refractivity contribution in [3.05, 3.63) is 17.8 Å². The third kappa shape index (κ3) is 7.15. The number of carbonyl (C=O) groups excluding carboxylic acids is 2. The topological polar surface area (TPSA) is 72.6 Å². The van der Waals surface area contributed by atoms with Gasteiger partial charge in [0.15, 0.2) is 5.69 Å². The molecule has 0 aliphatic carbocycles. The van der Waals surface area contributed by atoms with Gasteiger partial charge in [-0.25, -0.2) is 9.78 Å². The Kier molecular flexibility index (Phi) is 9.80. The first kappa shape index (κ1) is 20.2. The molecule has 1 heterocycles. The Morgan fingerprint density at radius 3 is 2.50 bits per heavy atom. The Hall–Kier alpha value is -1.85. The van der Waals surface area contributed by atoms with Crippen LogP contribution in [0.4, 0.5) is 0 Å². The third-order valence-corrected chi connectivity index (χ3v) is 3.86. The predicted molar refractivity (Wildman–Crippen MR) is 91.5 cm³/mol. The Bertz CT molecular complexity index is 499. The van der Waals surface area contributed by atoms with E-state index in [-0.39, 0.29) is 11.6 Å². The number of methoxy groups -OCH3 is 1. The van der Waals surface area contributed by atoms with Crippen molar-refractivity contribution in [3.63, 3.8) is 0 Å². The summed E-state index contributed by atoms with van der Waals surface area (Å²) in [5, 5.41) is 0. The van der Waals surface area contributed by atoms with Crippen LogP contribution in [0.25, 0.3) is 0 Å². The average molecular weight is 338 g/mol. The Morgan fingerprint density at radius 2 is 1.83 bits per heavy atom. The molecular weight excluding hydrogens is 308 g/mol. The summed E-state index contributed by atoms with van der Waals surface area (Å²) in [6.45, 7) is 5.17. The lowest BCUT2D eigenvalue weighted by molar-refractivity contribution is -0.132. The maximum absolute atomic E-state index is 12.4. The summed E-state index contributed by atoms with van der Waals surface area (Å²) in [5.41, 5.74) is 0.132. The van der Waals surface area contributed by atoms with Crippen LogP contribution in [-0.4, -0.2) is 35.4 Å². The smallest absolute Gasteiger partial charge is 0.360 e. The van der Waals surface area contributed by atoms with E-state index in [4.69, 9.17) is 4.42 Å². The van der Waals surface area contributed by atoms with Crippen LogP contribution in [0.1, 0.15) is 81.6 Å². The molecule has 0 fully saturated rings. The molecule has 0 spiro atoms. The van der Waals surface area contributed by atoms with Gasteiger partial charge >= 0.3 is 5.97 Å². The number of aromatic nitrogens is 1. The second-order valence-electron chi connectivity index (χ2n) is 5.95. The van der Waals surface area contributed by atoms with Gasteiger partial charge in [-0.3, -0.25) is 4.79 Å². The number of amides is 1. The van der Waals surface area contributed by atoms with Crippen LogP contribution in [0.5, 0.6) is 0 Å². The standard InChI is InChI=1S/C18H30N2O4/c1-4-6-7-8-9-10-11-17(21)20(12-5-2)13-16-19-15(14-24-16)18(22)23-3/h14H,4-13H2,1-3H3. The molecule has 0 bridgehead atoms. The Balaban J connectivity index is 2.45. The van der Waals surface area contributed by atoms with E-state index in [1.54, 1.807) is 4.90 Å². The lowest BCUT2D eigenvalue weighted by atomic mass is 10.1. The number of oxazole rings is 1. The van der Waals surface area contributed by atoms with Gasteiger partial charge in [0.05, 0.1) is 13.7 Å². The molecule has 6 nitrogen and oxygen atoms in total. The molecule has 1 aromatic rings. The number of ether oxygens (including phenoxy) is 1. The fourth-order valence-corrected chi connectivity index (χ4v) is 2.52. The van der Waals surface area contributed by atoms with Gasteiger partial charge in [-0.2, -0.15) is 0 Å². The molecule has 0 saturated heterocycles. The molecule has 1 aromatic heterocycles. The number of rotatable bonds is 12. The van der Waals surface area contributed by atoms with E-state index in [1.165, 1.54) is 39.1 Å². The van der Waals surface area contributed by atoms with E-state index in [2.05, 4.69) is 16.6 Å². The number of hydrogen-bond acceptors (Lipinski definition) is 5. The van der Waals surface area contributed by atoms with Crippen molar-refractivity contribution in [3.8, 4) is 0 Å². The largest absolute Gasteiger partial charge is 0.464 e. The van der Waals surface area contributed by atoms with E-state index < -0.39 is 5.97 Å². The highest BCUT2D eigenvalue weighted by molar-refractivity contribution is 5.86. The molecule has 0 unspecified atom stereocenters. The molecule has 0 aromatic carbocycles. The van der Waals surface area contributed by atoms with Crippen molar-refractivity contribution in [1.82, 2.24) is 9.88 Å². The average Bonchev–Trinajstić information content (AvgIpc) is 3.05. The van der Waals surface area contributed by atoms with Gasteiger partial charge in [-0.15, -0.1) is 0 Å². The van der Waals surface area contributed by atoms with Crippen LogP contribution in [-0.2, 0) is 16.1 Å². The highest BCUT2D eigenvalue weighted by atomic mass is 16.5. The minimum Gasteiger partial charge on any atom is -0.464 e. The number of hydrogen-bond donors (Lipinski definition) is 0. The molecule has 0 atom stereocenters. The fraction of sp³-hybridized carbons (Fsp3) is 0.722. The summed E-state index contributed by atoms with van der Waals surface area (Å²) in [6.07, 6.45) is 9.63. The first-order chi connectivity index (χ1) is 11.6. The van der Waals surface area contributed by atoms with E-state index >= 15 is 0 Å². The van der Waals surface area contributed by atoms with Gasteiger partial charge in [-0.05, 0) is 12.8 Å². The molecule has 1 amide bonds. The molecule has 0 radical (unpaired) electrons.